The quantitative estimate of drug-likeness (QED) is 0.789. The highest BCUT2D eigenvalue weighted by Gasteiger charge is 2.60. The molecule has 27 heavy (non-hydrogen) atoms. The molecule has 3 atom stereocenters. The Labute approximate surface area is 161 Å². The van der Waals surface area contributed by atoms with Gasteiger partial charge in [-0.3, -0.25) is 4.79 Å². The predicted molar refractivity (Wildman–Crippen MR) is 106 cm³/mol. The number of aryl methyl sites for hydroxylation is 1. The van der Waals surface area contributed by atoms with Gasteiger partial charge >= 0.3 is 0 Å². The first-order valence-electron chi connectivity index (χ1n) is 9.32. The fraction of sp³-hybridized carbons (Fsp3) is 0.455. The number of carbonyl (C=O) groups excluding carboxylic acids is 1. The molecule has 1 amide bonds. The molecule has 3 rings (SSSR count). The van der Waals surface area contributed by atoms with Crippen LogP contribution in [0.25, 0.3) is 0 Å². The Morgan fingerprint density at radius 2 is 1.96 bits per heavy atom. The van der Waals surface area contributed by atoms with E-state index >= 15 is 0 Å². The van der Waals surface area contributed by atoms with Crippen molar-refractivity contribution in [3.05, 3.63) is 59.7 Å². The molecule has 5 nitrogen and oxygen atoms in total. The average Bonchev–Trinajstić information content (AvgIpc) is 2.93. The maximum absolute atomic E-state index is 13.1. The van der Waals surface area contributed by atoms with Gasteiger partial charge in [0, 0.05) is 19.4 Å². The first-order valence-corrected chi connectivity index (χ1v) is 9.32. The highest BCUT2D eigenvalue weighted by Crippen LogP contribution is 2.59. The van der Waals surface area contributed by atoms with E-state index < -0.39 is 0 Å². The van der Waals surface area contributed by atoms with Crippen LogP contribution in [0.4, 0.5) is 0 Å². The van der Waals surface area contributed by atoms with Gasteiger partial charge in [0.15, 0.2) is 0 Å². The van der Waals surface area contributed by atoms with E-state index in [0.29, 0.717) is 0 Å². The number of amides is 1. The van der Waals surface area contributed by atoms with Crippen LogP contribution in [0, 0.1) is 17.3 Å². The molecule has 1 aromatic carbocycles. The molecule has 1 aliphatic carbocycles. The predicted octanol–water partition coefficient (Wildman–Crippen LogP) is 3.87. The van der Waals surface area contributed by atoms with E-state index in [2.05, 4.69) is 44.1 Å². The van der Waals surface area contributed by atoms with Gasteiger partial charge in [-0.25, -0.2) is 4.98 Å². The highest BCUT2D eigenvalue weighted by atomic mass is 16.5. The first-order chi connectivity index (χ1) is 12.8. The number of nitrogens with zero attached hydrogens (tertiary/aromatic N) is 2. The third kappa shape index (κ3) is 3.77. The lowest BCUT2D eigenvalue weighted by Crippen LogP contribution is -2.33. The average molecular weight is 367 g/mol. The van der Waals surface area contributed by atoms with Crippen molar-refractivity contribution in [2.75, 3.05) is 7.11 Å². The van der Waals surface area contributed by atoms with Crippen molar-refractivity contribution >= 4 is 5.91 Å². The molecule has 5 heteroatoms. The molecule has 1 aliphatic rings. The Balaban J connectivity index is 1.87. The number of hydrogen-bond donors (Lipinski definition) is 1. The van der Waals surface area contributed by atoms with Crippen LogP contribution in [0.1, 0.15) is 45.1 Å². The minimum absolute atomic E-state index is 0.0200. The van der Waals surface area contributed by atoms with Crippen LogP contribution in [0.2, 0.25) is 0 Å². The van der Waals surface area contributed by atoms with E-state index in [1.54, 1.807) is 13.3 Å². The molecule has 0 radical (unpaired) electrons. The second-order valence-corrected chi connectivity index (χ2v) is 8.18. The van der Waals surface area contributed by atoms with Crippen molar-refractivity contribution in [1.82, 2.24) is 14.9 Å². The van der Waals surface area contributed by atoms with Gasteiger partial charge in [0.2, 0.25) is 5.91 Å². The summed E-state index contributed by atoms with van der Waals surface area (Å²) in [6.45, 7) is 8.48. The third-order valence-corrected chi connectivity index (χ3v) is 5.56. The maximum Gasteiger partial charge on any atom is 0.225 e. The smallest absolute Gasteiger partial charge is 0.225 e. The van der Waals surface area contributed by atoms with Gasteiger partial charge in [-0.2, -0.15) is 0 Å². The van der Waals surface area contributed by atoms with E-state index in [1.165, 1.54) is 5.57 Å². The summed E-state index contributed by atoms with van der Waals surface area (Å²) in [6.07, 6.45) is 5.86. The summed E-state index contributed by atoms with van der Waals surface area (Å²) in [7, 11) is 3.59. The van der Waals surface area contributed by atoms with Crippen molar-refractivity contribution in [3.63, 3.8) is 0 Å². The number of carbonyl (C=O) groups is 1. The monoisotopic (exact) mass is 367 g/mol. The van der Waals surface area contributed by atoms with Gasteiger partial charge in [0.05, 0.1) is 13.0 Å². The lowest BCUT2D eigenvalue weighted by Gasteiger charge is -2.20. The number of nitrogens with one attached hydrogen (secondary N) is 1. The second kappa shape index (κ2) is 7.22. The van der Waals surface area contributed by atoms with Crippen LogP contribution < -0.4 is 10.1 Å². The number of hydrogen-bond acceptors (Lipinski definition) is 3. The molecule has 0 saturated heterocycles. The number of aromatic nitrogens is 2. The minimum atomic E-state index is -0.299. The zero-order valence-corrected chi connectivity index (χ0v) is 17.0. The van der Waals surface area contributed by atoms with Crippen molar-refractivity contribution in [2.24, 2.45) is 24.3 Å². The molecule has 144 valence electrons. The summed E-state index contributed by atoms with van der Waals surface area (Å²) in [5.41, 5.74) is 2.21. The Bertz CT molecular complexity index is 845. The van der Waals surface area contributed by atoms with Crippen molar-refractivity contribution < 1.29 is 9.53 Å². The Kier molecular flexibility index (Phi) is 5.13. The Morgan fingerprint density at radius 1 is 1.30 bits per heavy atom. The fourth-order valence-electron chi connectivity index (χ4n) is 3.83. The SMILES string of the molecule is COc1ccc(C(NC(=O)C2C(C=C(C)C)C2(C)C)c2nccn2C)cc1. The molecular weight excluding hydrogens is 338 g/mol. The largest absolute Gasteiger partial charge is 0.497 e. The van der Waals surface area contributed by atoms with Gasteiger partial charge < -0.3 is 14.6 Å². The first kappa shape index (κ1) is 19.2. The standard InChI is InChI=1S/C22H29N3O2/c1-14(2)13-17-18(22(17,3)4)21(26)24-19(20-23-11-12-25(20)5)15-7-9-16(27-6)10-8-15/h7-13,17-19H,1-6H3,(H,24,26). The lowest BCUT2D eigenvalue weighted by atomic mass is 10.0. The maximum atomic E-state index is 13.1. The van der Waals surface area contributed by atoms with Crippen molar-refractivity contribution in [3.8, 4) is 5.75 Å². The Hall–Kier alpha value is -2.56. The normalized spacial score (nSPS) is 21.3. The molecule has 0 bridgehead atoms. The van der Waals surface area contributed by atoms with E-state index in [9.17, 15) is 4.79 Å². The van der Waals surface area contributed by atoms with Gasteiger partial charge in [-0.1, -0.05) is 37.6 Å². The number of imidazole rings is 1. The molecule has 1 aromatic heterocycles. The number of methoxy groups -OCH3 is 1. The van der Waals surface area contributed by atoms with Crippen LogP contribution in [-0.4, -0.2) is 22.6 Å². The summed E-state index contributed by atoms with van der Waals surface area (Å²) in [4.78, 5) is 17.6. The van der Waals surface area contributed by atoms with E-state index in [-0.39, 0.29) is 29.2 Å². The summed E-state index contributed by atoms with van der Waals surface area (Å²) in [5.74, 6) is 1.93. The van der Waals surface area contributed by atoms with E-state index in [0.717, 1.165) is 17.1 Å². The van der Waals surface area contributed by atoms with Crippen molar-refractivity contribution in [1.29, 1.82) is 0 Å². The molecular formula is C22H29N3O2. The molecule has 1 fully saturated rings. The fourth-order valence-corrected chi connectivity index (χ4v) is 3.83. The molecule has 0 aliphatic heterocycles. The minimum Gasteiger partial charge on any atom is -0.497 e. The number of benzene rings is 1. The van der Waals surface area contributed by atoms with E-state index in [4.69, 9.17) is 4.74 Å². The molecule has 0 spiro atoms. The lowest BCUT2D eigenvalue weighted by molar-refractivity contribution is -0.123. The Morgan fingerprint density at radius 3 is 2.48 bits per heavy atom. The summed E-state index contributed by atoms with van der Waals surface area (Å²) < 4.78 is 7.20. The van der Waals surface area contributed by atoms with Gasteiger partial charge in [-0.15, -0.1) is 0 Å². The summed E-state index contributed by atoms with van der Waals surface area (Å²) in [5, 5.41) is 3.24. The van der Waals surface area contributed by atoms with Crippen LogP contribution >= 0.6 is 0 Å². The van der Waals surface area contributed by atoms with Crippen molar-refractivity contribution in [2.45, 2.75) is 33.7 Å². The topological polar surface area (TPSA) is 56.1 Å². The highest BCUT2D eigenvalue weighted by molar-refractivity contribution is 5.84. The number of rotatable bonds is 6. The van der Waals surface area contributed by atoms with Gasteiger partial charge in [0.25, 0.3) is 0 Å². The van der Waals surface area contributed by atoms with Crippen LogP contribution in [0.5, 0.6) is 5.75 Å². The van der Waals surface area contributed by atoms with Crippen LogP contribution in [-0.2, 0) is 11.8 Å². The zero-order valence-electron chi connectivity index (χ0n) is 17.0. The number of allylic oxidation sites excluding steroid dienone is 2. The number of ether oxygens (including phenoxy) is 1. The van der Waals surface area contributed by atoms with E-state index in [1.807, 2.05) is 42.1 Å². The van der Waals surface area contributed by atoms with Gasteiger partial charge in [-0.05, 0) is 42.9 Å². The van der Waals surface area contributed by atoms with Crippen LogP contribution in [0.3, 0.4) is 0 Å². The molecule has 1 heterocycles. The molecule has 1 saturated carbocycles. The summed E-state index contributed by atoms with van der Waals surface area (Å²) >= 11 is 0. The molecule has 2 aromatic rings. The van der Waals surface area contributed by atoms with Gasteiger partial charge in [0.1, 0.15) is 17.6 Å². The van der Waals surface area contributed by atoms with Crippen LogP contribution in [0.15, 0.2) is 48.3 Å². The molecule has 3 unspecified atom stereocenters. The zero-order chi connectivity index (χ0) is 19.8. The second-order valence-electron chi connectivity index (χ2n) is 8.18. The third-order valence-electron chi connectivity index (χ3n) is 5.56. The summed E-state index contributed by atoms with van der Waals surface area (Å²) in [6, 6.07) is 7.47. The molecule has 1 N–H and O–H groups in total.